The van der Waals surface area contributed by atoms with Crippen molar-refractivity contribution in [2.24, 2.45) is 0 Å². The van der Waals surface area contributed by atoms with Crippen LogP contribution in [0.15, 0.2) is 42.5 Å². The minimum absolute atomic E-state index is 0.0193. The summed E-state index contributed by atoms with van der Waals surface area (Å²) in [5.74, 6) is 1.04. The maximum absolute atomic E-state index is 13.3. The van der Waals surface area contributed by atoms with Crippen molar-refractivity contribution in [2.75, 3.05) is 33.3 Å². The van der Waals surface area contributed by atoms with Gasteiger partial charge in [0.05, 0.1) is 24.4 Å². The Morgan fingerprint density at radius 1 is 1.13 bits per heavy atom. The van der Waals surface area contributed by atoms with Gasteiger partial charge in [-0.3, -0.25) is 4.79 Å². The highest BCUT2D eigenvalue weighted by molar-refractivity contribution is 6.32. The molecule has 0 bridgehead atoms. The molecule has 0 radical (unpaired) electrons. The van der Waals surface area contributed by atoms with E-state index < -0.39 is 0 Å². The number of benzene rings is 2. The van der Waals surface area contributed by atoms with Gasteiger partial charge >= 0.3 is 6.09 Å². The summed E-state index contributed by atoms with van der Waals surface area (Å²) in [6.45, 7) is 6.56. The minimum Gasteiger partial charge on any atom is -0.453 e. The first-order valence-corrected chi connectivity index (χ1v) is 13.1. The van der Waals surface area contributed by atoms with Gasteiger partial charge in [-0.05, 0) is 55.2 Å². The lowest BCUT2D eigenvalue weighted by Crippen LogP contribution is -2.48. The zero-order chi connectivity index (χ0) is 27.0. The molecule has 9 heteroatoms. The highest BCUT2D eigenvalue weighted by atomic mass is 35.5. The zero-order valence-corrected chi connectivity index (χ0v) is 22.5. The van der Waals surface area contributed by atoms with Crippen LogP contribution in [0, 0.1) is 18.3 Å². The number of ether oxygens (including phenoxy) is 1. The number of aromatic amines is 1. The SMILES string of the molecule is COC(=O)N1CCC(C)(c2nc(Cl)c(-c3cc(C(=O)N4CC(c5ccc(C#N)cc5)C4)ccc3C)[nH]2)CC1. The number of hydrogen-bond acceptors (Lipinski definition) is 5. The number of rotatable bonds is 4. The number of likely N-dealkylation sites (tertiary alicyclic amines) is 2. The normalized spacial score (nSPS) is 17.0. The maximum atomic E-state index is 13.3. The predicted molar refractivity (Wildman–Crippen MR) is 144 cm³/mol. The quantitative estimate of drug-likeness (QED) is 0.494. The number of hydrogen-bond donors (Lipinski definition) is 1. The maximum Gasteiger partial charge on any atom is 0.409 e. The van der Waals surface area contributed by atoms with Gasteiger partial charge in [-0.1, -0.05) is 36.7 Å². The van der Waals surface area contributed by atoms with Gasteiger partial charge in [0, 0.05) is 48.6 Å². The molecule has 3 aromatic rings. The van der Waals surface area contributed by atoms with Crippen molar-refractivity contribution in [3.05, 3.63) is 75.7 Å². The molecule has 1 aromatic heterocycles. The lowest BCUT2D eigenvalue weighted by atomic mass is 9.80. The number of halogens is 1. The van der Waals surface area contributed by atoms with Gasteiger partial charge in [-0.15, -0.1) is 0 Å². The standard InChI is InChI=1S/C29H30ClN5O3/c1-18-4-7-21(26(36)35-16-22(17-35)20-8-5-19(15-31)6-9-20)14-23(18)24-25(30)33-27(32-24)29(2)10-12-34(13-11-29)28(37)38-3/h4-9,14,22H,10-13,16-17H2,1-3H3,(H,32,33). The van der Waals surface area contributed by atoms with E-state index in [0.29, 0.717) is 48.2 Å². The van der Waals surface area contributed by atoms with Crippen molar-refractivity contribution in [1.29, 1.82) is 5.26 Å². The van der Waals surface area contributed by atoms with Crippen LogP contribution in [0.2, 0.25) is 5.15 Å². The topological polar surface area (TPSA) is 102 Å². The number of nitriles is 1. The fourth-order valence-corrected chi connectivity index (χ4v) is 5.49. The van der Waals surface area contributed by atoms with Crippen LogP contribution in [-0.2, 0) is 10.2 Å². The van der Waals surface area contributed by atoms with Crippen molar-refractivity contribution < 1.29 is 14.3 Å². The van der Waals surface area contributed by atoms with Crippen LogP contribution >= 0.6 is 11.6 Å². The van der Waals surface area contributed by atoms with Crippen LogP contribution in [0.5, 0.6) is 0 Å². The first kappa shape index (κ1) is 25.8. The molecular formula is C29H30ClN5O3. The monoisotopic (exact) mass is 531 g/mol. The number of aromatic nitrogens is 2. The third-order valence-corrected chi connectivity index (χ3v) is 8.24. The average molecular weight is 532 g/mol. The molecule has 0 atom stereocenters. The fraction of sp³-hybridized carbons (Fsp3) is 0.379. The number of nitrogens with one attached hydrogen (secondary N) is 1. The summed E-state index contributed by atoms with van der Waals surface area (Å²) in [6, 6.07) is 15.4. The molecule has 3 heterocycles. The minimum atomic E-state index is -0.312. The molecule has 1 N–H and O–H groups in total. The molecule has 8 nitrogen and oxygen atoms in total. The molecule has 0 spiro atoms. The van der Waals surface area contributed by atoms with Crippen molar-refractivity contribution in [3.8, 4) is 17.3 Å². The van der Waals surface area contributed by atoms with E-state index in [1.165, 1.54) is 7.11 Å². The Labute approximate surface area is 227 Å². The largest absolute Gasteiger partial charge is 0.453 e. The fourth-order valence-electron chi connectivity index (χ4n) is 5.26. The van der Waals surface area contributed by atoms with Gasteiger partial charge in [0.25, 0.3) is 5.91 Å². The lowest BCUT2D eigenvalue weighted by molar-refractivity contribution is 0.0602. The van der Waals surface area contributed by atoms with Gasteiger partial charge in [0.15, 0.2) is 5.15 Å². The van der Waals surface area contributed by atoms with Crippen molar-refractivity contribution in [3.63, 3.8) is 0 Å². The number of amides is 2. The summed E-state index contributed by atoms with van der Waals surface area (Å²) in [5.41, 5.74) is 4.65. The number of methoxy groups -OCH3 is 1. The Balaban J connectivity index is 1.31. The summed E-state index contributed by atoms with van der Waals surface area (Å²) < 4.78 is 4.86. The van der Waals surface area contributed by atoms with Crippen molar-refractivity contribution >= 4 is 23.6 Å². The predicted octanol–water partition coefficient (Wildman–Crippen LogP) is 5.27. The summed E-state index contributed by atoms with van der Waals surface area (Å²) >= 11 is 6.63. The number of piperidine rings is 1. The molecule has 5 rings (SSSR count). The molecule has 38 heavy (non-hydrogen) atoms. The number of carbonyl (C=O) groups is 2. The first-order valence-electron chi connectivity index (χ1n) is 12.7. The summed E-state index contributed by atoms with van der Waals surface area (Å²) in [7, 11) is 1.39. The van der Waals surface area contributed by atoms with Crippen LogP contribution in [0.1, 0.15) is 58.6 Å². The molecule has 0 unspecified atom stereocenters. The molecule has 196 valence electrons. The van der Waals surface area contributed by atoms with E-state index >= 15 is 0 Å². The second kappa shape index (κ2) is 10.1. The average Bonchev–Trinajstić information content (AvgIpc) is 3.30. The molecule has 2 aliphatic heterocycles. The van der Waals surface area contributed by atoms with E-state index in [4.69, 9.17) is 21.6 Å². The Bertz CT molecular complexity index is 1410. The summed E-state index contributed by atoms with van der Waals surface area (Å²) in [5, 5.41) is 9.37. The van der Waals surface area contributed by atoms with E-state index in [1.807, 2.05) is 54.3 Å². The van der Waals surface area contributed by atoms with Crippen LogP contribution in [-0.4, -0.2) is 65.1 Å². The first-order chi connectivity index (χ1) is 18.2. The Kier molecular flexibility index (Phi) is 6.89. The number of carbonyl (C=O) groups excluding carboxylic acids is 2. The van der Waals surface area contributed by atoms with E-state index in [-0.39, 0.29) is 23.3 Å². The molecule has 2 aromatic carbocycles. The van der Waals surface area contributed by atoms with Gasteiger partial charge in [0.2, 0.25) is 0 Å². The molecule has 2 fully saturated rings. The lowest BCUT2D eigenvalue weighted by Gasteiger charge is -2.39. The molecule has 2 aliphatic rings. The van der Waals surface area contributed by atoms with E-state index in [1.54, 1.807) is 4.90 Å². The second-order valence-corrected chi connectivity index (χ2v) is 10.8. The Hall–Kier alpha value is -3.83. The van der Waals surface area contributed by atoms with Crippen LogP contribution in [0.3, 0.4) is 0 Å². The third-order valence-electron chi connectivity index (χ3n) is 7.96. The second-order valence-electron chi connectivity index (χ2n) is 10.4. The number of imidazole rings is 1. The third kappa shape index (κ3) is 4.74. The van der Waals surface area contributed by atoms with Crippen molar-refractivity contribution in [1.82, 2.24) is 19.8 Å². The number of nitrogens with zero attached hydrogens (tertiary/aromatic N) is 4. The van der Waals surface area contributed by atoms with Gasteiger partial charge < -0.3 is 19.5 Å². The van der Waals surface area contributed by atoms with Crippen LogP contribution in [0.25, 0.3) is 11.3 Å². The van der Waals surface area contributed by atoms with Gasteiger partial charge in [-0.2, -0.15) is 5.26 Å². The summed E-state index contributed by atoms with van der Waals surface area (Å²) in [6.07, 6.45) is 1.16. The van der Waals surface area contributed by atoms with Crippen molar-refractivity contribution in [2.45, 2.75) is 38.0 Å². The van der Waals surface area contributed by atoms with E-state index in [2.05, 4.69) is 23.0 Å². The zero-order valence-electron chi connectivity index (χ0n) is 21.8. The van der Waals surface area contributed by atoms with Gasteiger partial charge in [0.1, 0.15) is 5.82 Å². The molecule has 0 saturated carbocycles. The van der Waals surface area contributed by atoms with E-state index in [9.17, 15) is 9.59 Å². The smallest absolute Gasteiger partial charge is 0.409 e. The van der Waals surface area contributed by atoms with Gasteiger partial charge in [-0.25, -0.2) is 9.78 Å². The number of H-pyrrole nitrogens is 1. The van der Waals surface area contributed by atoms with E-state index in [0.717, 1.165) is 35.4 Å². The Morgan fingerprint density at radius 3 is 2.45 bits per heavy atom. The molecule has 2 saturated heterocycles. The highest BCUT2D eigenvalue weighted by Gasteiger charge is 2.37. The highest BCUT2D eigenvalue weighted by Crippen LogP contribution is 2.38. The Morgan fingerprint density at radius 2 is 1.82 bits per heavy atom. The van der Waals surface area contributed by atoms with Crippen LogP contribution in [0.4, 0.5) is 4.79 Å². The molecule has 0 aliphatic carbocycles. The number of aryl methyl sites for hydroxylation is 1. The molecular weight excluding hydrogens is 502 g/mol. The summed E-state index contributed by atoms with van der Waals surface area (Å²) in [4.78, 5) is 36.8. The van der Waals surface area contributed by atoms with Crippen LogP contribution < -0.4 is 0 Å². The molecule has 2 amide bonds.